The summed E-state index contributed by atoms with van der Waals surface area (Å²) in [5.74, 6) is 1.57. The summed E-state index contributed by atoms with van der Waals surface area (Å²) in [5.41, 5.74) is 6.94. The summed E-state index contributed by atoms with van der Waals surface area (Å²) in [5, 5.41) is 0. The summed E-state index contributed by atoms with van der Waals surface area (Å²) in [7, 11) is 1.66. The molecule has 0 saturated heterocycles. The molecule has 18 heavy (non-hydrogen) atoms. The summed E-state index contributed by atoms with van der Waals surface area (Å²) in [6.45, 7) is 2.69. The molecule has 1 aliphatic carbocycles. The first-order valence-corrected chi connectivity index (χ1v) is 6.51. The fraction of sp³-hybridized carbons (Fsp3) is 0.500. The van der Waals surface area contributed by atoms with Gasteiger partial charge in [0.05, 0.1) is 18.7 Å². The first kappa shape index (κ1) is 13.1. The van der Waals surface area contributed by atoms with Crippen molar-refractivity contribution in [3.05, 3.63) is 23.8 Å². The van der Waals surface area contributed by atoms with Crippen LogP contribution in [-0.4, -0.2) is 18.7 Å². The van der Waals surface area contributed by atoms with Crippen LogP contribution >= 0.6 is 12.2 Å². The molecule has 1 fully saturated rings. The minimum atomic E-state index is 0.168. The van der Waals surface area contributed by atoms with Gasteiger partial charge in [0, 0.05) is 11.8 Å². The quantitative estimate of drug-likeness (QED) is 0.803. The molecule has 98 valence electrons. The number of methoxy groups -OCH3 is 1. The van der Waals surface area contributed by atoms with E-state index in [2.05, 4.69) is 0 Å². The Morgan fingerprint density at radius 1 is 1.39 bits per heavy atom. The normalized spacial score (nSPS) is 16.1. The summed E-state index contributed by atoms with van der Waals surface area (Å²) < 4.78 is 11.2. The largest absolute Gasteiger partial charge is 0.493 e. The van der Waals surface area contributed by atoms with Gasteiger partial charge in [-0.05, 0) is 37.5 Å². The van der Waals surface area contributed by atoms with Gasteiger partial charge in [0.25, 0.3) is 0 Å². The molecule has 0 spiro atoms. The maximum absolute atomic E-state index is 5.87. The molecule has 1 saturated carbocycles. The molecule has 0 amide bonds. The van der Waals surface area contributed by atoms with E-state index in [1.165, 1.54) is 0 Å². The van der Waals surface area contributed by atoms with E-state index < -0.39 is 0 Å². The van der Waals surface area contributed by atoms with Gasteiger partial charge in [-0.15, -0.1) is 0 Å². The van der Waals surface area contributed by atoms with Crippen LogP contribution in [0.1, 0.15) is 24.8 Å². The highest BCUT2D eigenvalue weighted by Gasteiger charge is 2.44. The fourth-order valence-corrected chi connectivity index (χ4v) is 2.35. The van der Waals surface area contributed by atoms with Crippen LogP contribution in [0.25, 0.3) is 0 Å². The minimum absolute atomic E-state index is 0.168. The number of rotatable bonds is 6. The van der Waals surface area contributed by atoms with Crippen LogP contribution in [0.2, 0.25) is 0 Å². The van der Waals surface area contributed by atoms with E-state index in [1.54, 1.807) is 7.11 Å². The zero-order valence-corrected chi connectivity index (χ0v) is 11.7. The Hall–Kier alpha value is -1.29. The van der Waals surface area contributed by atoms with Crippen molar-refractivity contribution in [2.45, 2.75) is 26.2 Å². The molecule has 3 nitrogen and oxygen atoms in total. The second kappa shape index (κ2) is 5.14. The first-order chi connectivity index (χ1) is 8.54. The average Bonchev–Trinajstić information content (AvgIpc) is 3.06. The van der Waals surface area contributed by atoms with Crippen LogP contribution in [0.3, 0.4) is 0 Å². The van der Waals surface area contributed by atoms with Crippen molar-refractivity contribution in [3.63, 3.8) is 0 Å². The number of hydrogen-bond acceptors (Lipinski definition) is 3. The van der Waals surface area contributed by atoms with Crippen LogP contribution in [0.4, 0.5) is 0 Å². The molecule has 1 aromatic rings. The number of nitrogens with two attached hydrogens (primary N) is 1. The minimum Gasteiger partial charge on any atom is -0.493 e. The van der Waals surface area contributed by atoms with Gasteiger partial charge in [-0.2, -0.15) is 0 Å². The van der Waals surface area contributed by atoms with Crippen LogP contribution in [0, 0.1) is 12.3 Å². The molecule has 0 heterocycles. The molecule has 2 rings (SSSR count). The number of hydrogen-bond donors (Lipinski definition) is 1. The molecule has 4 heteroatoms. The fourth-order valence-electron chi connectivity index (χ4n) is 2.04. The highest BCUT2D eigenvalue weighted by atomic mass is 32.1. The zero-order valence-electron chi connectivity index (χ0n) is 10.9. The Labute approximate surface area is 113 Å². The molecular formula is C14H19NO2S. The molecule has 0 radical (unpaired) electrons. The van der Waals surface area contributed by atoms with Crippen LogP contribution in [0.5, 0.6) is 11.5 Å². The summed E-state index contributed by atoms with van der Waals surface area (Å²) in [6.07, 6.45) is 3.05. The van der Waals surface area contributed by atoms with Crippen molar-refractivity contribution in [2.24, 2.45) is 11.1 Å². The van der Waals surface area contributed by atoms with E-state index in [0.717, 1.165) is 36.3 Å². The zero-order chi connectivity index (χ0) is 13.2. The Kier molecular flexibility index (Phi) is 3.76. The Morgan fingerprint density at radius 2 is 2.11 bits per heavy atom. The second-order valence-electron chi connectivity index (χ2n) is 5.09. The Morgan fingerprint density at radius 3 is 2.67 bits per heavy atom. The highest BCUT2D eigenvalue weighted by molar-refractivity contribution is 7.80. The van der Waals surface area contributed by atoms with E-state index in [9.17, 15) is 0 Å². The lowest BCUT2D eigenvalue weighted by molar-refractivity contribution is 0.229. The summed E-state index contributed by atoms with van der Waals surface area (Å²) >= 11 is 4.98. The molecule has 0 bridgehead atoms. The van der Waals surface area contributed by atoms with Gasteiger partial charge in [0.1, 0.15) is 0 Å². The van der Waals surface area contributed by atoms with Gasteiger partial charge in [-0.25, -0.2) is 0 Å². The van der Waals surface area contributed by atoms with Crippen molar-refractivity contribution in [3.8, 4) is 11.5 Å². The molecule has 0 unspecified atom stereocenters. The van der Waals surface area contributed by atoms with Gasteiger partial charge in [0.15, 0.2) is 11.5 Å². The van der Waals surface area contributed by atoms with Crippen molar-refractivity contribution in [1.82, 2.24) is 0 Å². The smallest absolute Gasteiger partial charge is 0.161 e. The van der Waals surface area contributed by atoms with E-state index in [-0.39, 0.29) is 5.41 Å². The van der Waals surface area contributed by atoms with Gasteiger partial charge in [-0.3, -0.25) is 0 Å². The lowest BCUT2D eigenvalue weighted by Crippen LogP contribution is -2.21. The number of aryl methyl sites for hydroxylation is 1. The molecule has 1 aliphatic rings. The van der Waals surface area contributed by atoms with Gasteiger partial charge in [0.2, 0.25) is 0 Å². The number of thiocarbonyl (C=S) groups is 1. The third kappa shape index (κ3) is 3.13. The van der Waals surface area contributed by atoms with Crippen LogP contribution in [0.15, 0.2) is 18.2 Å². The predicted octanol–water partition coefficient (Wildman–Crippen LogP) is 2.84. The van der Waals surface area contributed by atoms with Crippen LogP contribution < -0.4 is 15.2 Å². The predicted molar refractivity (Wildman–Crippen MR) is 76.3 cm³/mol. The maximum Gasteiger partial charge on any atom is 0.161 e. The summed E-state index contributed by atoms with van der Waals surface area (Å²) in [4.78, 5) is 0.576. The first-order valence-electron chi connectivity index (χ1n) is 6.10. The molecule has 0 aromatic heterocycles. The standard InChI is InChI=1S/C14H19NO2S/c1-10-3-4-11(12(7-10)16-2)17-9-14(5-6-14)8-13(15)18/h3-4,7H,5-6,8-9H2,1-2H3,(H2,15,18). The Bertz CT molecular complexity index is 455. The second-order valence-corrected chi connectivity index (χ2v) is 5.61. The number of benzene rings is 1. The van der Waals surface area contributed by atoms with Crippen molar-refractivity contribution < 1.29 is 9.47 Å². The SMILES string of the molecule is COc1cc(C)ccc1OCC1(CC(N)=S)CC1. The third-order valence-corrected chi connectivity index (χ3v) is 3.50. The van der Waals surface area contributed by atoms with E-state index in [0.29, 0.717) is 11.6 Å². The van der Waals surface area contributed by atoms with E-state index in [4.69, 9.17) is 27.4 Å². The average molecular weight is 265 g/mol. The lowest BCUT2D eigenvalue weighted by atomic mass is 10.0. The molecule has 2 N–H and O–H groups in total. The van der Waals surface area contributed by atoms with Gasteiger partial charge in [-0.1, -0.05) is 18.3 Å². The van der Waals surface area contributed by atoms with Gasteiger partial charge < -0.3 is 15.2 Å². The highest BCUT2D eigenvalue weighted by Crippen LogP contribution is 2.49. The third-order valence-electron chi connectivity index (χ3n) is 3.36. The number of ether oxygens (including phenoxy) is 2. The molecule has 0 aliphatic heterocycles. The lowest BCUT2D eigenvalue weighted by Gasteiger charge is -2.17. The monoisotopic (exact) mass is 265 g/mol. The molecule has 0 atom stereocenters. The van der Waals surface area contributed by atoms with Crippen LogP contribution in [-0.2, 0) is 0 Å². The van der Waals surface area contributed by atoms with E-state index in [1.807, 2.05) is 25.1 Å². The molecule has 1 aromatic carbocycles. The Balaban J connectivity index is 2.00. The van der Waals surface area contributed by atoms with Gasteiger partial charge >= 0.3 is 0 Å². The summed E-state index contributed by atoms with van der Waals surface area (Å²) in [6, 6.07) is 5.94. The molecular weight excluding hydrogens is 246 g/mol. The topological polar surface area (TPSA) is 44.5 Å². The van der Waals surface area contributed by atoms with Crippen molar-refractivity contribution in [1.29, 1.82) is 0 Å². The van der Waals surface area contributed by atoms with Crippen molar-refractivity contribution in [2.75, 3.05) is 13.7 Å². The maximum atomic E-state index is 5.87. The van der Waals surface area contributed by atoms with Crippen molar-refractivity contribution >= 4 is 17.2 Å². The van der Waals surface area contributed by atoms with E-state index >= 15 is 0 Å².